The molecule has 0 aliphatic heterocycles. The average Bonchev–Trinajstić information content (AvgIpc) is 2.93. The molecule has 0 unspecified atom stereocenters. The molecule has 1 aliphatic carbocycles. The largest absolute Gasteiger partial charge is 0.455 e. The third kappa shape index (κ3) is 4.58. The fourth-order valence-electron chi connectivity index (χ4n) is 2.47. The van der Waals surface area contributed by atoms with Gasteiger partial charge in [-0.05, 0) is 42.9 Å². The van der Waals surface area contributed by atoms with Gasteiger partial charge in [-0.15, -0.1) is 0 Å². The van der Waals surface area contributed by atoms with Gasteiger partial charge in [0.2, 0.25) is 0 Å². The number of nitrogens with one attached hydrogen (secondary N) is 2. The Kier molecular flexibility index (Phi) is 5.52. The molecule has 0 saturated carbocycles. The van der Waals surface area contributed by atoms with E-state index in [2.05, 4.69) is 10.6 Å². The van der Waals surface area contributed by atoms with Gasteiger partial charge < -0.3 is 10.1 Å². The molecule has 118 valence electrons. The first-order chi connectivity index (χ1) is 10.6. The van der Waals surface area contributed by atoms with Crippen LogP contribution in [0.3, 0.4) is 0 Å². The van der Waals surface area contributed by atoms with Crippen molar-refractivity contribution >= 4 is 17.9 Å². The molecular formula is C16H20N2O4. The molecule has 1 aromatic rings. The number of amides is 3. The van der Waals surface area contributed by atoms with Gasteiger partial charge in [0, 0.05) is 6.54 Å². The number of rotatable bonds is 5. The summed E-state index contributed by atoms with van der Waals surface area (Å²) in [6, 6.07) is 5.40. The maximum Gasteiger partial charge on any atom is 0.321 e. The standard InChI is InChI=1S/C16H20N2O4/c1-2-17-16(21)18-14(19)10-22-15(20)9-11-6-7-12-4-3-5-13(12)8-11/h6-8H,2-5,9-10H2,1H3,(H2,17,18,19,21). The fourth-order valence-corrected chi connectivity index (χ4v) is 2.47. The topological polar surface area (TPSA) is 84.5 Å². The van der Waals surface area contributed by atoms with Crippen molar-refractivity contribution in [2.75, 3.05) is 13.2 Å². The number of hydrogen-bond donors (Lipinski definition) is 2. The van der Waals surface area contributed by atoms with Crippen LogP contribution in [-0.4, -0.2) is 31.1 Å². The third-order valence-corrected chi connectivity index (χ3v) is 3.47. The van der Waals surface area contributed by atoms with Crippen molar-refractivity contribution < 1.29 is 19.1 Å². The van der Waals surface area contributed by atoms with Gasteiger partial charge in [-0.2, -0.15) is 0 Å². The van der Waals surface area contributed by atoms with Crippen LogP contribution in [0, 0.1) is 0 Å². The van der Waals surface area contributed by atoms with Crippen LogP contribution >= 0.6 is 0 Å². The molecule has 0 bridgehead atoms. The van der Waals surface area contributed by atoms with E-state index in [9.17, 15) is 14.4 Å². The molecule has 1 aliphatic rings. The number of urea groups is 1. The van der Waals surface area contributed by atoms with Crippen LogP contribution in [0.15, 0.2) is 18.2 Å². The van der Waals surface area contributed by atoms with Crippen LogP contribution in [0.5, 0.6) is 0 Å². The molecule has 6 nitrogen and oxygen atoms in total. The smallest absolute Gasteiger partial charge is 0.321 e. The summed E-state index contributed by atoms with van der Waals surface area (Å²) in [5.41, 5.74) is 3.52. The lowest BCUT2D eigenvalue weighted by Gasteiger charge is -2.07. The minimum Gasteiger partial charge on any atom is -0.455 e. The lowest BCUT2D eigenvalue weighted by Crippen LogP contribution is -2.41. The Morgan fingerprint density at radius 2 is 1.95 bits per heavy atom. The van der Waals surface area contributed by atoms with Crippen molar-refractivity contribution in [1.29, 1.82) is 0 Å². The van der Waals surface area contributed by atoms with Gasteiger partial charge >= 0.3 is 12.0 Å². The van der Waals surface area contributed by atoms with E-state index in [1.165, 1.54) is 11.1 Å². The van der Waals surface area contributed by atoms with Gasteiger partial charge in [-0.25, -0.2) is 4.79 Å². The molecule has 0 spiro atoms. The van der Waals surface area contributed by atoms with E-state index in [1.807, 2.05) is 18.2 Å². The highest BCUT2D eigenvalue weighted by molar-refractivity contribution is 5.95. The van der Waals surface area contributed by atoms with Crippen molar-refractivity contribution in [3.8, 4) is 0 Å². The highest BCUT2D eigenvalue weighted by Gasteiger charge is 2.14. The number of fused-ring (bicyclic) bond motifs is 1. The van der Waals surface area contributed by atoms with E-state index in [4.69, 9.17) is 4.74 Å². The van der Waals surface area contributed by atoms with Crippen molar-refractivity contribution in [3.63, 3.8) is 0 Å². The predicted octanol–water partition coefficient (Wildman–Crippen LogP) is 1.11. The molecule has 22 heavy (non-hydrogen) atoms. The van der Waals surface area contributed by atoms with Crippen molar-refractivity contribution in [1.82, 2.24) is 10.6 Å². The maximum atomic E-state index is 11.7. The number of esters is 1. The summed E-state index contributed by atoms with van der Waals surface area (Å²) in [7, 11) is 0. The number of benzene rings is 1. The molecule has 2 rings (SSSR count). The zero-order chi connectivity index (χ0) is 15.9. The van der Waals surface area contributed by atoms with Crippen molar-refractivity contribution in [2.45, 2.75) is 32.6 Å². The van der Waals surface area contributed by atoms with Gasteiger partial charge in [0.15, 0.2) is 6.61 Å². The number of carbonyl (C=O) groups excluding carboxylic acids is 3. The number of carbonyl (C=O) groups is 3. The van der Waals surface area contributed by atoms with Crippen molar-refractivity contribution in [3.05, 3.63) is 34.9 Å². The Labute approximate surface area is 129 Å². The lowest BCUT2D eigenvalue weighted by atomic mass is 10.0. The lowest BCUT2D eigenvalue weighted by molar-refractivity contribution is -0.147. The quantitative estimate of drug-likeness (QED) is 0.798. The molecule has 3 amide bonds. The third-order valence-electron chi connectivity index (χ3n) is 3.47. The number of aryl methyl sites for hydroxylation is 2. The molecule has 0 heterocycles. The van der Waals surface area contributed by atoms with Crippen LogP contribution in [-0.2, 0) is 33.6 Å². The molecule has 0 atom stereocenters. The zero-order valence-electron chi connectivity index (χ0n) is 12.6. The summed E-state index contributed by atoms with van der Waals surface area (Å²) in [5, 5.41) is 4.48. The van der Waals surface area contributed by atoms with Crippen LogP contribution in [0.2, 0.25) is 0 Å². The fraction of sp³-hybridized carbons (Fsp3) is 0.438. The van der Waals surface area contributed by atoms with Gasteiger partial charge in [0.05, 0.1) is 6.42 Å². The van der Waals surface area contributed by atoms with Crippen molar-refractivity contribution in [2.24, 2.45) is 0 Å². The molecular weight excluding hydrogens is 284 g/mol. The SMILES string of the molecule is CCNC(=O)NC(=O)COC(=O)Cc1ccc2c(c1)CCC2. The molecule has 0 radical (unpaired) electrons. The van der Waals surface area contributed by atoms with Crippen LogP contribution in [0.4, 0.5) is 4.79 Å². The second kappa shape index (κ2) is 7.59. The number of hydrogen-bond acceptors (Lipinski definition) is 4. The Bertz CT molecular complexity index is 584. The summed E-state index contributed by atoms with van der Waals surface area (Å²) in [6.45, 7) is 1.69. The summed E-state index contributed by atoms with van der Waals surface area (Å²) in [4.78, 5) is 34.2. The van der Waals surface area contributed by atoms with Gasteiger partial charge in [0.1, 0.15) is 0 Å². The molecule has 1 aromatic carbocycles. The molecule has 0 fully saturated rings. The molecule has 0 aromatic heterocycles. The second-order valence-electron chi connectivity index (χ2n) is 5.20. The van der Waals surface area contributed by atoms with E-state index in [-0.39, 0.29) is 6.42 Å². The molecule has 6 heteroatoms. The van der Waals surface area contributed by atoms with Gasteiger partial charge in [-0.3, -0.25) is 14.9 Å². The highest BCUT2D eigenvalue weighted by atomic mass is 16.5. The minimum absolute atomic E-state index is 0.127. The predicted molar refractivity (Wildman–Crippen MR) is 80.3 cm³/mol. The average molecular weight is 304 g/mol. The monoisotopic (exact) mass is 304 g/mol. The summed E-state index contributed by atoms with van der Waals surface area (Å²) in [5.74, 6) is -1.13. The van der Waals surface area contributed by atoms with Crippen LogP contribution in [0.25, 0.3) is 0 Å². The van der Waals surface area contributed by atoms with E-state index in [0.717, 1.165) is 24.8 Å². The Hall–Kier alpha value is -2.37. The summed E-state index contributed by atoms with van der Waals surface area (Å²) < 4.78 is 4.88. The summed E-state index contributed by atoms with van der Waals surface area (Å²) in [6.07, 6.45) is 3.43. The summed E-state index contributed by atoms with van der Waals surface area (Å²) >= 11 is 0. The second-order valence-corrected chi connectivity index (χ2v) is 5.20. The minimum atomic E-state index is -0.645. The Morgan fingerprint density at radius 3 is 2.73 bits per heavy atom. The number of ether oxygens (including phenoxy) is 1. The zero-order valence-corrected chi connectivity index (χ0v) is 12.6. The first kappa shape index (κ1) is 16.0. The Morgan fingerprint density at radius 1 is 1.18 bits per heavy atom. The van der Waals surface area contributed by atoms with E-state index >= 15 is 0 Å². The Balaban J connectivity index is 1.76. The van der Waals surface area contributed by atoms with Crippen LogP contribution < -0.4 is 10.6 Å². The first-order valence-electron chi connectivity index (χ1n) is 7.42. The van der Waals surface area contributed by atoms with E-state index < -0.39 is 24.5 Å². The molecule has 2 N–H and O–H groups in total. The van der Waals surface area contributed by atoms with E-state index in [0.29, 0.717) is 6.54 Å². The van der Waals surface area contributed by atoms with Gasteiger partial charge in [0.25, 0.3) is 5.91 Å². The van der Waals surface area contributed by atoms with Gasteiger partial charge in [-0.1, -0.05) is 18.2 Å². The normalized spacial score (nSPS) is 12.4. The van der Waals surface area contributed by atoms with E-state index in [1.54, 1.807) is 6.92 Å². The maximum absolute atomic E-state index is 11.7. The van der Waals surface area contributed by atoms with Crippen LogP contribution in [0.1, 0.15) is 30.0 Å². The highest BCUT2D eigenvalue weighted by Crippen LogP contribution is 2.23. The molecule has 0 saturated heterocycles. The number of imide groups is 1. The first-order valence-corrected chi connectivity index (χ1v) is 7.42.